The van der Waals surface area contributed by atoms with Crippen LogP contribution in [0.15, 0.2) is 104 Å². The molecule has 24 heavy (non-hydrogen) atoms. The number of rotatable bonds is 4. The molecule has 0 aliphatic carbocycles. The van der Waals surface area contributed by atoms with E-state index in [1.807, 2.05) is 84.9 Å². The number of hydrogen-bond acceptors (Lipinski definition) is 2. The molecule has 122 valence electrons. The van der Waals surface area contributed by atoms with Gasteiger partial charge >= 0.3 is 6.16 Å². The first-order valence-corrected chi connectivity index (χ1v) is 9.59. The van der Waals surface area contributed by atoms with E-state index in [4.69, 9.17) is 4.18 Å². The van der Waals surface area contributed by atoms with Crippen molar-refractivity contribution in [1.29, 1.82) is 0 Å². The summed E-state index contributed by atoms with van der Waals surface area (Å²) in [4.78, 5) is 14.1. The van der Waals surface area contributed by atoms with Crippen LogP contribution < -0.4 is 0 Å². The van der Waals surface area contributed by atoms with Gasteiger partial charge in [0.2, 0.25) is 0 Å². The summed E-state index contributed by atoms with van der Waals surface area (Å²) >= 11 is 3.43. The van der Waals surface area contributed by atoms with Crippen LogP contribution in [-0.2, 0) is 4.18 Å². The van der Waals surface area contributed by atoms with Gasteiger partial charge in [0.1, 0.15) is 0 Å². The van der Waals surface area contributed by atoms with Crippen molar-refractivity contribution in [2.75, 3.05) is 0 Å². The van der Waals surface area contributed by atoms with Crippen LogP contribution in [0.3, 0.4) is 0 Å². The summed E-state index contributed by atoms with van der Waals surface area (Å²) in [6, 6.07) is 26.6. The summed E-state index contributed by atoms with van der Waals surface area (Å²) in [5, 5.41) is 9.48. The highest BCUT2D eigenvalue weighted by atomic mass is 79.9. The van der Waals surface area contributed by atoms with Crippen LogP contribution in [0.4, 0.5) is 4.79 Å². The van der Waals surface area contributed by atoms with Crippen molar-refractivity contribution in [2.45, 2.75) is 14.7 Å². The third-order valence-corrected chi connectivity index (χ3v) is 7.22. The number of benzene rings is 3. The first-order valence-electron chi connectivity index (χ1n) is 7.24. The average Bonchev–Trinajstić information content (AvgIpc) is 2.62. The smallest absolute Gasteiger partial charge is 0.449 e. The lowest BCUT2D eigenvalue weighted by Gasteiger charge is -2.38. The van der Waals surface area contributed by atoms with Crippen molar-refractivity contribution >= 4 is 32.4 Å². The fourth-order valence-corrected chi connectivity index (χ4v) is 5.69. The lowest BCUT2D eigenvalue weighted by Crippen LogP contribution is -2.11. The maximum Gasteiger partial charge on any atom is 0.517 e. The van der Waals surface area contributed by atoms with E-state index in [0.717, 1.165) is 19.2 Å². The Hall–Kier alpha value is -2.24. The molecular weight excluding hydrogens is 388 g/mol. The van der Waals surface area contributed by atoms with Gasteiger partial charge in [0.05, 0.1) is 0 Å². The molecule has 0 aliphatic rings. The summed E-state index contributed by atoms with van der Waals surface area (Å²) in [7, 11) is -2.37. The van der Waals surface area contributed by atoms with E-state index < -0.39 is 16.5 Å². The Morgan fingerprint density at radius 2 is 1.17 bits per heavy atom. The summed E-state index contributed by atoms with van der Waals surface area (Å²) in [6.45, 7) is 0. The summed E-state index contributed by atoms with van der Waals surface area (Å²) in [6.07, 6.45) is -1.29. The van der Waals surface area contributed by atoms with E-state index in [9.17, 15) is 9.90 Å². The van der Waals surface area contributed by atoms with Crippen LogP contribution in [0.5, 0.6) is 0 Å². The molecule has 0 amide bonds. The molecule has 0 atom stereocenters. The molecular formula is C19H15BrO3S. The third-order valence-electron chi connectivity index (χ3n) is 3.49. The summed E-state index contributed by atoms with van der Waals surface area (Å²) < 4.78 is 6.55. The van der Waals surface area contributed by atoms with Gasteiger partial charge in [-0.05, 0) is 58.8 Å². The van der Waals surface area contributed by atoms with Gasteiger partial charge in [-0.1, -0.05) is 52.3 Å². The summed E-state index contributed by atoms with van der Waals surface area (Å²) in [5.41, 5.74) is 0. The highest BCUT2D eigenvalue weighted by molar-refractivity contribution is 9.10. The topological polar surface area (TPSA) is 46.5 Å². The first-order chi connectivity index (χ1) is 11.6. The monoisotopic (exact) mass is 402 g/mol. The van der Waals surface area contributed by atoms with Gasteiger partial charge < -0.3 is 9.29 Å². The molecule has 0 radical (unpaired) electrons. The van der Waals surface area contributed by atoms with Gasteiger partial charge in [0.25, 0.3) is 0 Å². The second-order valence-electron chi connectivity index (χ2n) is 4.99. The Morgan fingerprint density at radius 1 is 0.750 bits per heavy atom. The van der Waals surface area contributed by atoms with Crippen molar-refractivity contribution in [3.05, 3.63) is 89.4 Å². The van der Waals surface area contributed by atoms with Crippen molar-refractivity contribution < 1.29 is 14.1 Å². The van der Waals surface area contributed by atoms with Crippen LogP contribution in [-0.4, -0.2) is 11.3 Å². The molecule has 0 aromatic heterocycles. The SMILES string of the molecule is O=C(O)OS(c1ccccc1)(c1ccccc1)c1ccc(Br)cc1. The van der Waals surface area contributed by atoms with Crippen molar-refractivity contribution in [3.8, 4) is 0 Å². The normalized spacial score (nSPS) is 11.7. The fraction of sp³-hybridized carbons (Fsp3) is 0. The molecule has 0 bridgehead atoms. The van der Waals surface area contributed by atoms with Crippen molar-refractivity contribution in [2.24, 2.45) is 0 Å². The second kappa shape index (κ2) is 7.11. The maximum atomic E-state index is 11.6. The quantitative estimate of drug-likeness (QED) is 0.553. The predicted molar refractivity (Wildman–Crippen MR) is 98.5 cm³/mol. The van der Waals surface area contributed by atoms with E-state index in [-0.39, 0.29) is 0 Å². The highest BCUT2D eigenvalue weighted by Gasteiger charge is 2.35. The van der Waals surface area contributed by atoms with E-state index in [2.05, 4.69) is 15.9 Å². The van der Waals surface area contributed by atoms with Crippen LogP contribution >= 0.6 is 26.2 Å². The molecule has 3 rings (SSSR count). The largest absolute Gasteiger partial charge is 0.517 e. The third kappa shape index (κ3) is 3.18. The zero-order chi connectivity index (χ0) is 17.0. The number of halogens is 1. The summed E-state index contributed by atoms with van der Waals surface area (Å²) in [5.74, 6) is 0. The molecule has 0 aliphatic heterocycles. The molecule has 0 unspecified atom stereocenters. The van der Waals surface area contributed by atoms with E-state index in [1.54, 1.807) is 0 Å². The molecule has 0 saturated carbocycles. The van der Waals surface area contributed by atoms with E-state index >= 15 is 0 Å². The average molecular weight is 403 g/mol. The molecule has 3 aromatic rings. The molecule has 1 N–H and O–H groups in total. The van der Waals surface area contributed by atoms with Gasteiger partial charge in [-0.2, -0.15) is 0 Å². The van der Waals surface area contributed by atoms with Crippen LogP contribution in [0, 0.1) is 0 Å². The maximum absolute atomic E-state index is 11.6. The molecule has 3 nitrogen and oxygen atoms in total. The van der Waals surface area contributed by atoms with Gasteiger partial charge in [-0.25, -0.2) is 4.79 Å². The Balaban J connectivity index is 2.32. The molecule has 0 fully saturated rings. The zero-order valence-electron chi connectivity index (χ0n) is 12.6. The lowest BCUT2D eigenvalue weighted by molar-refractivity contribution is 0.150. The Kier molecular flexibility index (Phi) is 4.92. The Bertz CT molecular complexity index is 781. The minimum atomic E-state index is -2.37. The lowest BCUT2D eigenvalue weighted by atomic mass is 10.4. The van der Waals surface area contributed by atoms with Crippen LogP contribution in [0.2, 0.25) is 0 Å². The van der Waals surface area contributed by atoms with Crippen molar-refractivity contribution in [3.63, 3.8) is 0 Å². The Morgan fingerprint density at radius 3 is 1.58 bits per heavy atom. The standard InChI is InChI=1S/C19H15BrO3S/c20-15-11-13-18(14-12-15)24(23-19(21)22,16-7-3-1-4-8-16)17-9-5-2-6-10-17/h1-14H,(H,21,22). The zero-order valence-corrected chi connectivity index (χ0v) is 15.0. The predicted octanol–water partition coefficient (Wildman–Crippen LogP) is 6.34. The van der Waals surface area contributed by atoms with Crippen LogP contribution in [0.1, 0.15) is 0 Å². The van der Waals surface area contributed by atoms with Gasteiger partial charge in [0.15, 0.2) is 0 Å². The highest BCUT2D eigenvalue weighted by Crippen LogP contribution is 2.69. The molecule has 5 heteroatoms. The second-order valence-corrected chi connectivity index (χ2v) is 8.59. The van der Waals surface area contributed by atoms with E-state index in [0.29, 0.717) is 0 Å². The van der Waals surface area contributed by atoms with Crippen LogP contribution in [0.25, 0.3) is 0 Å². The minimum Gasteiger partial charge on any atom is -0.449 e. The van der Waals surface area contributed by atoms with Gasteiger partial charge in [-0.15, -0.1) is 0 Å². The molecule has 0 saturated heterocycles. The van der Waals surface area contributed by atoms with Gasteiger partial charge in [0, 0.05) is 19.2 Å². The van der Waals surface area contributed by atoms with Gasteiger partial charge in [-0.3, -0.25) is 0 Å². The molecule has 3 aromatic carbocycles. The minimum absolute atomic E-state index is 0.825. The fourth-order valence-electron chi connectivity index (χ4n) is 2.51. The number of hydrogen-bond donors (Lipinski definition) is 1. The molecule has 0 spiro atoms. The Labute approximate surface area is 150 Å². The first kappa shape index (κ1) is 16.6. The number of carbonyl (C=O) groups is 1. The van der Waals surface area contributed by atoms with E-state index in [1.165, 1.54) is 0 Å². The molecule has 0 heterocycles. The van der Waals surface area contributed by atoms with Crippen molar-refractivity contribution in [1.82, 2.24) is 0 Å². The number of carboxylic acid groups (broad SMARTS) is 1.